The molecule has 1 N–H and O–H groups in total. The molecule has 0 spiro atoms. The molecule has 104 valence electrons. The van der Waals surface area contributed by atoms with Crippen LogP contribution in [0.5, 0.6) is 5.75 Å². The van der Waals surface area contributed by atoms with E-state index in [1.54, 1.807) is 12.1 Å². The summed E-state index contributed by atoms with van der Waals surface area (Å²) in [5.74, 6) is -0.247. The van der Waals surface area contributed by atoms with Crippen LogP contribution in [0.2, 0.25) is 0 Å². The summed E-state index contributed by atoms with van der Waals surface area (Å²) in [5, 5.41) is 2.74. The van der Waals surface area contributed by atoms with Gasteiger partial charge in [-0.3, -0.25) is 9.59 Å². The van der Waals surface area contributed by atoms with E-state index >= 15 is 0 Å². The lowest BCUT2D eigenvalue weighted by Crippen LogP contribution is -2.24. The second-order valence-corrected chi connectivity index (χ2v) is 4.10. The summed E-state index contributed by atoms with van der Waals surface area (Å²) >= 11 is 0. The molecule has 1 aromatic rings. The Balaban J connectivity index is 3.28. The van der Waals surface area contributed by atoms with Gasteiger partial charge in [-0.2, -0.15) is 0 Å². The van der Waals surface area contributed by atoms with E-state index in [-0.39, 0.29) is 5.91 Å². The number of benzene rings is 1. The Morgan fingerprint density at radius 2 is 1.84 bits per heavy atom. The predicted molar refractivity (Wildman–Crippen MR) is 75.6 cm³/mol. The van der Waals surface area contributed by atoms with Crippen molar-refractivity contribution in [2.75, 3.05) is 23.3 Å². The van der Waals surface area contributed by atoms with Crippen molar-refractivity contribution >= 4 is 23.3 Å². The second-order valence-electron chi connectivity index (χ2n) is 4.10. The first-order valence-electron chi connectivity index (χ1n) is 6.33. The Kier molecular flexibility index (Phi) is 5.36. The Bertz CT molecular complexity index is 468. The summed E-state index contributed by atoms with van der Waals surface area (Å²) in [4.78, 5) is 24.5. The van der Waals surface area contributed by atoms with Gasteiger partial charge >= 0.3 is 5.97 Å². The van der Waals surface area contributed by atoms with Gasteiger partial charge in [-0.1, -0.05) is 6.07 Å². The largest absolute Gasteiger partial charge is 0.424 e. The summed E-state index contributed by atoms with van der Waals surface area (Å²) in [6, 6.07) is 5.36. The van der Waals surface area contributed by atoms with E-state index < -0.39 is 5.97 Å². The van der Waals surface area contributed by atoms with Gasteiger partial charge in [-0.05, 0) is 26.0 Å². The van der Waals surface area contributed by atoms with Crippen molar-refractivity contribution < 1.29 is 14.3 Å². The van der Waals surface area contributed by atoms with Crippen molar-refractivity contribution in [3.8, 4) is 5.75 Å². The molecular formula is C14H20N2O3. The van der Waals surface area contributed by atoms with Crippen LogP contribution in [-0.2, 0) is 9.59 Å². The molecular weight excluding hydrogens is 244 g/mol. The van der Waals surface area contributed by atoms with Crippen molar-refractivity contribution in [2.24, 2.45) is 0 Å². The van der Waals surface area contributed by atoms with Crippen LogP contribution < -0.4 is 15.0 Å². The minimum absolute atomic E-state index is 0.201. The molecule has 0 atom stereocenters. The zero-order valence-corrected chi connectivity index (χ0v) is 11.8. The SMILES string of the molecule is CCN(CC)c1cccc(OC(C)=O)c1NC(C)=O. The molecule has 0 bridgehead atoms. The van der Waals surface area contributed by atoms with Gasteiger partial charge in [0.2, 0.25) is 5.91 Å². The van der Waals surface area contributed by atoms with Gasteiger partial charge in [0.15, 0.2) is 5.75 Å². The van der Waals surface area contributed by atoms with Gasteiger partial charge in [-0.15, -0.1) is 0 Å². The van der Waals surface area contributed by atoms with Gasteiger partial charge in [0.1, 0.15) is 5.69 Å². The van der Waals surface area contributed by atoms with Gasteiger partial charge in [-0.25, -0.2) is 0 Å². The zero-order chi connectivity index (χ0) is 14.4. The molecule has 5 heteroatoms. The predicted octanol–water partition coefficient (Wildman–Crippen LogP) is 2.42. The van der Waals surface area contributed by atoms with Gasteiger partial charge in [0.25, 0.3) is 0 Å². The molecule has 5 nitrogen and oxygen atoms in total. The summed E-state index contributed by atoms with van der Waals surface area (Å²) in [6.45, 7) is 8.41. The van der Waals surface area contributed by atoms with Crippen molar-refractivity contribution in [2.45, 2.75) is 27.7 Å². The highest BCUT2D eigenvalue weighted by Gasteiger charge is 2.15. The normalized spacial score (nSPS) is 9.89. The fourth-order valence-electron chi connectivity index (χ4n) is 1.89. The van der Waals surface area contributed by atoms with E-state index in [1.807, 2.05) is 19.9 Å². The number of nitrogens with zero attached hydrogens (tertiary/aromatic N) is 1. The average molecular weight is 264 g/mol. The van der Waals surface area contributed by atoms with Gasteiger partial charge in [0.05, 0.1) is 5.69 Å². The molecule has 1 rings (SSSR count). The van der Waals surface area contributed by atoms with Crippen molar-refractivity contribution in [1.29, 1.82) is 0 Å². The minimum atomic E-state index is -0.414. The second kappa shape index (κ2) is 6.78. The standard InChI is InChI=1S/C14H20N2O3/c1-5-16(6-2)12-8-7-9-13(19-11(4)18)14(12)15-10(3)17/h7-9H,5-6H2,1-4H3,(H,15,17). The van der Waals surface area contributed by atoms with Gasteiger partial charge in [0, 0.05) is 26.9 Å². The zero-order valence-electron chi connectivity index (χ0n) is 11.8. The molecule has 0 fully saturated rings. The molecule has 0 saturated carbocycles. The third kappa shape index (κ3) is 3.98. The molecule has 0 aromatic heterocycles. The number of carbonyl (C=O) groups excluding carboxylic acids is 2. The number of esters is 1. The number of anilines is 2. The van der Waals surface area contributed by atoms with Crippen molar-refractivity contribution in [1.82, 2.24) is 0 Å². The Morgan fingerprint density at radius 3 is 2.32 bits per heavy atom. The van der Waals surface area contributed by atoms with Crippen LogP contribution >= 0.6 is 0 Å². The van der Waals surface area contributed by atoms with Crippen LogP contribution in [0.25, 0.3) is 0 Å². The molecule has 0 heterocycles. The van der Waals surface area contributed by atoms with E-state index in [2.05, 4.69) is 10.2 Å². The Morgan fingerprint density at radius 1 is 1.21 bits per heavy atom. The first kappa shape index (κ1) is 15.0. The quantitative estimate of drug-likeness (QED) is 0.655. The van der Waals surface area contributed by atoms with Crippen molar-refractivity contribution in [3.05, 3.63) is 18.2 Å². The van der Waals surface area contributed by atoms with E-state index in [0.717, 1.165) is 18.8 Å². The average Bonchev–Trinajstić information content (AvgIpc) is 2.33. The van der Waals surface area contributed by atoms with Crippen molar-refractivity contribution in [3.63, 3.8) is 0 Å². The highest BCUT2D eigenvalue weighted by atomic mass is 16.5. The maximum atomic E-state index is 11.3. The lowest BCUT2D eigenvalue weighted by atomic mass is 10.2. The molecule has 0 saturated heterocycles. The molecule has 0 aliphatic carbocycles. The summed E-state index contributed by atoms with van der Waals surface area (Å²) in [7, 11) is 0. The summed E-state index contributed by atoms with van der Waals surface area (Å²) in [6.07, 6.45) is 0. The number of hydrogen-bond acceptors (Lipinski definition) is 4. The topological polar surface area (TPSA) is 58.6 Å². The smallest absolute Gasteiger partial charge is 0.308 e. The van der Waals surface area contributed by atoms with Crippen LogP contribution in [0, 0.1) is 0 Å². The summed E-state index contributed by atoms with van der Waals surface area (Å²) in [5.41, 5.74) is 1.38. The highest BCUT2D eigenvalue weighted by molar-refractivity contribution is 5.96. The molecule has 19 heavy (non-hydrogen) atoms. The van der Waals surface area contributed by atoms with Gasteiger partial charge < -0.3 is 15.0 Å². The fraction of sp³-hybridized carbons (Fsp3) is 0.429. The number of hydrogen-bond donors (Lipinski definition) is 1. The van der Waals surface area contributed by atoms with E-state index in [4.69, 9.17) is 4.74 Å². The number of carbonyl (C=O) groups is 2. The molecule has 0 aliphatic rings. The first-order chi connectivity index (χ1) is 8.99. The first-order valence-corrected chi connectivity index (χ1v) is 6.33. The lowest BCUT2D eigenvalue weighted by molar-refractivity contribution is -0.131. The van der Waals surface area contributed by atoms with E-state index in [1.165, 1.54) is 13.8 Å². The number of amides is 1. The third-order valence-electron chi connectivity index (χ3n) is 2.66. The molecule has 1 amide bonds. The van der Waals surface area contributed by atoms with E-state index in [9.17, 15) is 9.59 Å². The molecule has 0 aliphatic heterocycles. The monoisotopic (exact) mass is 264 g/mol. The number of para-hydroxylation sites is 1. The lowest BCUT2D eigenvalue weighted by Gasteiger charge is -2.25. The van der Waals surface area contributed by atoms with Crippen LogP contribution in [0.4, 0.5) is 11.4 Å². The van der Waals surface area contributed by atoms with Crippen LogP contribution in [-0.4, -0.2) is 25.0 Å². The third-order valence-corrected chi connectivity index (χ3v) is 2.66. The number of rotatable bonds is 5. The van der Waals surface area contributed by atoms with Crippen LogP contribution in [0.1, 0.15) is 27.7 Å². The Hall–Kier alpha value is -2.04. The molecule has 1 aromatic carbocycles. The number of nitrogens with one attached hydrogen (secondary N) is 1. The molecule has 0 unspecified atom stereocenters. The maximum Gasteiger partial charge on any atom is 0.308 e. The number of ether oxygens (including phenoxy) is 1. The molecule has 0 radical (unpaired) electrons. The minimum Gasteiger partial charge on any atom is -0.424 e. The van der Waals surface area contributed by atoms with E-state index in [0.29, 0.717) is 11.4 Å². The maximum absolute atomic E-state index is 11.3. The fourth-order valence-corrected chi connectivity index (χ4v) is 1.89. The summed E-state index contributed by atoms with van der Waals surface area (Å²) < 4.78 is 5.15. The highest BCUT2D eigenvalue weighted by Crippen LogP contribution is 2.35. The van der Waals surface area contributed by atoms with Crippen LogP contribution in [0.3, 0.4) is 0 Å². The Labute approximate surface area is 113 Å². The van der Waals surface area contributed by atoms with Crippen LogP contribution in [0.15, 0.2) is 18.2 Å².